The second-order valence-corrected chi connectivity index (χ2v) is 8.49. The Morgan fingerprint density at radius 2 is 1.67 bits per heavy atom. The van der Waals surface area contributed by atoms with Gasteiger partial charge in [-0.15, -0.1) is 0 Å². The second-order valence-electron chi connectivity index (χ2n) is 6.78. The van der Waals surface area contributed by atoms with E-state index in [9.17, 15) is 8.42 Å². The van der Waals surface area contributed by atoms with Crippen LogP contribution in [0.3, 0.4) is 0 Å². The van der Waals surface area contributed by atoms with E-state index in [-0.39, 0.29) is 10.8 Å². The van der Waals surface area contributed by atoms with Crippen molar-refractivity contribution >= 4 is 10.0 Å². The minimum absolute atomic E-state index is 0.0442. The van der Waals surface area contributed by atoms with Crippen molar-refractivity contribution in [2.45, 2.75) is 31.2 Å². The number of fused-ring (bicyclic) bond motifs is 1. The van der Waals surface area contributed by atoms with Crippen molar-refractivity contribution in [3.8, 4) is 17.2 Å². The number of hydrogen-bond acceptors (Lipinski definition) is 5. The summed E-state index contributed by atoms with van der Waals surface area (Å²) >= 11 is 0. The van der Waals surface area contributed by atoms with E-state index in [2.05, 4.69) is 4.72 Å². The molecule has 0 saturated heterocycles. The highest BCUT2D eigenvalue weighted by atomic mass is 32.2. The summed E-state index contributed by atoms with van der Waals surface area (Å²) in [6.45, 7) is 5.15. The molecule has 1 N–H and O–H groups in total. The maximum Gasteiger partial charge on any atom is 0.241 e. The van der Waals surface area contributed by atoms with Crippen molar-refractivity contribution in [1.82, 2.24) is 4.72 Å². The Morgan fingerprint density at radius 3 is 2.30 bits per heavy atom. The van der Waals surface area contributed by atoms with Crippen molar-refractivity contribution < 1.29 is 22.6 Å². The van der Waals surface area contributed by atoms with Gasteiger partial charge < -0.3 is 14.2 Å². The zero-order valence-electron chi connectivity index (χ0n) is 15.8. The lowest BCUT2D eigenvalue weighted by atomic mass is 9.97. The number of benzene rings is 2. The summed E-state index contributed by atoms with van der Waals surface area (Å²) in [5.41, 5.74) is 0.839. The Morgan fingerprint density at radius 1 is 1.00 bits per heavy atom. The minimum atomic E-state index is -3.68. The predicted octanol–water partition coefficient (Wildman–Crippen LogP) is 3.53. The Balaban J connectivity index is 1.88. The molecule has 1 aliphatic heterocycles. The quantitative estimate of drug-likeness (QED) is 0.815. The van der Waals surface area contributed by atoms with Crippen LogP contribution in [0.4, 0.5) is 0 Å². The van der Waals surface area contributed by atoms with E-state index < -0.39 is 16.1 Å². The Kier molecular flexibility index (Phi) is 5.92. The molecule has 2 aromatic carbocycles. The third kappa shape index (κ3) is 4.54. The lowest BCUT2D eigenvalue weighted by Gasteiger charge is -2.24. The maximum atomic E-state index is 12.9. The van der Waals surface area contributed by atoms with E-state index in [1.54, 1.807) is 19.2 Å². The van der Waals surface area contributed by atoms with Crippen LogP contribution in [-0.4, -0.2) is 28.7 Å². The van der Waals surface area contributed by atoms with Crippen LogP contribution in [0, 0.1) is 5.92 Å². The van der Waals surface area contributed by atoms with Crippen LogP contribution in [0.15, 0.2) is 47.4 Å². The summed E-state index contributed by atoms with van der Waals surface area (Å²) in [6, 6.07) is 11.5. The average molecular weight is 391 g/mol. The number of nitrogens with one attached hydrogen (secondary N) is 1. The van der Waals surface area contributed by atoms with Gasteiger partial charge in [-0.2, -0.15) is 0 Å². The SMILES string of the molecule is COc1ccc(S(=O)(=O)N[C@H](c2ccc3c(c2)OCCCO3)C(C)C)cc1. The zero-order valence-corrected chi connectivity index (χ0v) is 16.6. The minimum Gasteiger partial charge on any atom is -0.497 e. The molecule has 3 rings (SSSR count). The molecule has 0 saturated carbocycles. The summed E-state index contributed by atoms with van der Waals surface area (Å²) in [4.78, 5) is 0.197. The summed E-state index contributed by atoms with van der Waals surface area (Å²) in [5.74, 6) is 2.00. The van der Waals surface area contributed by atoms with Gasteiger partial charge in [0.15, 0.2) is 11.5 Å². The highest BCUT2D eigenvalue weighted by Crippen LogP contribution is 2.34. The molecule has 2 aromatic rings. The van der Waals surface area contributed by atoms with E-state index in [0.717, 1.165) is 12.0 Å². The third-order valence-electron chi connectivity index (χ3n) is 4.45. The van der Waals surface area contributed by atoms with E-state index in [1.165, 1.54) is 12.1 Å². The molecule has 27 heavy (non-hydrogen) atoms. The molecular weight excluding hydrogens is 366 g/mol. The smallest absolute Gasteiger partial charge is 0.241 e. The molecule has 1 aliphatic rings. The fourth-order valence-electron chi connectivity index (χ4n) is 2.95. The van der Waals surface area contributed by atoms with Crippen LogP contribution in [0.1, 0.15) is 31.9 Å². The largest absolute Gasteiger partial charge is 0.497 e. The van der Waals surface area contributed by atoms with Gasteiger partial charge >= 0.3 is 0 Å². The predicted molar refractivity (Wildman–Crippen MR) is 103 cm³/mol. The molecule has 0 spiro atoms. The zero-order chi connectivity index (χ0) is 19.4. The van der Waals surface area contributed by atoms with Gasteiger partial charge in [-0.1, -0.05) is 19.9 Å². The van der Waals surface area contributed by atoms with E-state index in [1.807, 2.05) is 32.0 Å². The van der Waals surface area contributed by atoms with Gasteiger partial charge in [0.1, 0.15) is 5.75 Å². The van der Waals surface area contributed by atoms with Gasteiger partial charge in [-0.3, -0.25) is 0 Å². The second kappa shape index (κ2) is 8.19. The third-order valence-corrected chi connectivity index (χ3v) is 5.91. The van der Waals surface area contributed by atoms with Crippen molar-refractivity contribution in [3.63, 3.8) is 0 Å². The molecule has 0 radical (unpaired) electrons. The van der Waals surface area contributed by atoms with Crippen LogP contribution >= 0.6 is 0 Å². The van der Waals surface area contributed by atoms with Gasteiger partial charge in [0.05, 0.1) is 25.2 Å². The van der Waals surface area contributed by atoms with Crippen LogP contribution in [0.2, 0.25) is 0 Å². The Labute approximate surface area is 160 Å². The molecule has 1 atom stereocenters. The molecule has 0 amide bonds. The lowest BCUT2D eigenvalue weighted by molar-refractivity contribution is 0.297. The van der Waals surface area contributed by atoms with Crippen molar-refractivity contribution in [2.24, 2.45) is 5.92 Å². The molecule has 0 unspecified atom stereocenters. The molecule has 0 aromatic heterocycles. The first-order valence-electron chi connectivity index (χ1n) is 8.96. The number of ether oxygens (including phenoxy) is 3. The normalized spacial score (nSPS) is 15.3. The molecule has 1 heterocycles. The number of sulfonamides is 1. The average Bonchev–Trinajstić information content (AvgIpc) is 2.90. The van der Waals surface area contributed by atoms with Gasteiger partial charge in [0, 0.05) is 12.5 Å². The van der Waals surface area contributed by atoms with E-state index >= 15 is 0 Å². The van der Waals surface area contributed by atoms with Gasteiger partial charge in [0.25, 0.3) is 0 Å². The first-order valence-corrected chi connectivity index (χ1v) is 10.4. The number of methoxy groups -OCH3 is 1. The van der Waals surface area contributed by atoms with Crippen LogP contribution in [0.25, 0.3) is 0 Å². The molecule has 0 aliphatic carbocycles. The number of rotatable bonds is 6. The lowest BCUT2D eigenvalue weighted by Crippen LogP contribution is -2.31. The highest BCUT2D eigenvalue weighted by molar-refractivity contribution is 7.89. The van der Waals surface area contributed by atoms with Crippen molar-refractivity contribution in [1.29, 1.82) is 0 Å². The molecule has 6 nitrogen and oxygen atoms in total. The summed E-state index contributed by atoms with van der Waals surface area (Å²) < 4.78 is 45.0. The van der Waals surface area contributed by atoms with Crippen LogP contribution in [-0.2, 0) is 10.0 Å². The fourth-order valence-corrected chi connectivity index (χ4v) is 4.33. The maximum absolute atomic E-state index is 12.9. The summed E-state index contributed by atoms with van der Waals surface area (Å²) in [6.07, 6.45) is 0.821. The fraction of sp³-hybridized carbons (Fsp3) is 0.400. The van der Waals surface area contributed by atoms with Crippen molar-refractivity contribution in [2.75, 3.05) is 20.3 Å². The Hall–Kier alpha value is -2.25. The van der Waals surface area contributed by atoms with E-state index in [4.69, 9.17) is 14.2 Å². The first kappa shape index (κ1) is 19.5. The standard InChI is InChI=1S/C20H25NO5S/c1-14(2)20(15-5-10-18-19(13-15)26-12-4-11-25-18)21-27(22,23)17-8-6-16(24-3)7-9-17/h5-10,13-14,20-21H,4,11-12H2,1-3H3/t20-/m0/s1. The summed E-state index contributed by atoms with van der Waals surface area (Å²) in [7, 11) is -2.14. The first-order chi connectivity index (χ1) is 12.9. The van der Waals surface area contributed by atoms with Gasteiger partial charge in [0.2, 0.25) is 10.0 Å². The monoisotopic (exact) mass is 391 g/mol. The van der Waals surface area contributed by atoms with E-state index in [0.29, 0.717) is 30.5 Å². The molecule has 0 bridgehead atoms. The molecular formula is C20H25NO5S. The van der Waals surface area contributed by atoms with Crippen LogP contribution < -0.4 is 18.9 Å². The topological polar surface area (TPSA) is 73.9 Å². The highest BCUT2D eigenvalue weighted by Gasteiger charge is 2.25. The Bertz CT molecular complexity index is 878. The summed E-state index contributed by atoms with van der Waals surface area (Å²) in [5, 5.41) is 0. The van der Waals surface area contributed by atoms with Crippen LogP contribution in [0.5, 0.6) is 17.2 Å². The molecule has 7 heteroatoms. The van der Waals surface area contributed by atoms with Gasteiger partial charge in [-0.05, 0) is 47.9 Å². The van der Waals surface area contributed by atoms with Gasteiger partial charge in [-0.25, -0.2) is 13.1 Å². The molecule has 0 fully saturated rings. The molecule has 146 valence electrons. The van der Waals surface area contributed by atoms with Crippen molar-refractivity contribution in [3.05, 3.63) is 48.0 Å². The number of hydrogen-bond donors (Lipinski definition) is 1.